The second-order valence-corrected chi connectivity index (χ2v) is 5.11. The van der Waals surface area contributed by atoms with Crippen molar-refractivity contribution in [1.29, 1.82) is 0 Å². The van der Waals surface area contributed by atoms with Gasteiger partial charge in [0.2, 0.25) is 0 Å². The number of aromatic nitrogens is 1. The Labute approximate surface area is 118 Å². The number of aryl methyl sites for hydroxylation is 1. The lowest BCUT2D eigenvalue weighted by Crippen LogP contribution is -1.99. The van der Waals surface area contributed by atoms with Crippen molar-refractivity contribution in [3.63, 3.8) is 0 Å². The molecule has 0 spiro atoms. The van der Waals surface area contributed by atoms with E-state index in [4.69, 9.17) is 5.11 Å². The Morgan fingerprint density at radius 3 is 2.70 bits per heavy atom. The van der Waals surface area contributed by atoms with Crippen LogP contribution in [0, 0.1) is 17.0 Å². The number of nitrogens with zero attached hydrogens (tertiary/aromatic N) is 2. The summed E-state index contributed by atoms with van der Waals surface area (Å²) in [6.45, 7) is 1.77. The zero-order valence-electron chi connectivity index (χ0n) is 10.4. The molecule has 102 valence electrons. The molecule has 0 bridgehead atoms. The van der Waals surface area contributed by atoms with Crippen molar-refractivity contribution < 1.29 is 14.8 Å². The Bertz CT molecular complexity index is 688. The van der Waals surface area contributed by atoms with Gasteiger partial charge in [0.1, 0.15) is 5.69 Å². The number of benzene rings is 1. The molecule has 6 nitrogen and oxygen atoms in total. The van der Waals surface area contributed by atoms with Crippen LogP contribution < -0.4 is 0 Å². The number of non-ortho nitro benzene ring substituents is 1. The van der Waals surface area contributed by atoms with E-state index in [1.165, 1.54) is 36.2 Å². The van der Waals surface area contributed by atoms with E-state index >= 15 is 0 Å². The van der Waals surface area contributed by atoms with Crippen molar-refractivity contribution in [3.05, 3.63) is 57.9 Å². The number of pyridine rings is 1. The molecule has 0 atom stereocenters. The molecule has 1 aromatic carbocycles. The maximum Gasteiger partial charge on any atom is 0.354 e. The van der Waals surface area contributed by atoms with Crippen LogP contribution in [0.2, 0.25) is 0 Å². The van der Waals surface area contributed by atoms with Crippen molar-refractivity contribution in [2.45, 2.75) is 16.7 Å². The van der Waals surface area contributed by atoms with E-state index in [-0.39, 0.29) is 11.4 Å². The molecule has 1 N–H and O–H groups in total. The lowest BCUT2D eigenvalue weighted by Gasteiger charge is -2.05. The van der Waals surface area contributed by atoms with Gasteiger partial charge in [0, 0.05) is 28.1 Å². The minimum Gasteiger partial charge on any atom is -0.477 e. The number of carboxylic acids is 1. The van der Waals surface area contributed by atoms with E-state index in [1.807, 2.05) is 0 Å². The molecule has 0 fully saturated rings. The summed E-state index contributed by atoms with van der Waals surface area (Å²) in [7, 11) is 0. The highest BCUT2D eigenvalue weighted by Gasteiger charge is 2.10. The summed E-state index contributed by atoms with van der Waals surface area (Å²) < 4.78 is 0. The second-order valence-electron chi connectivity index (χ2n) is 3.99. The highest BCUT2D eigenvalue weighted by atomic mass is 32.2. The summed E-state index contributed by atoms with van der Waals surface area (Å²) in [6, 6.07) is 7.72. The third-order valence-electron chi connectivity index (χ3n) is 2.55. The molecule has 0 saturated carbocycles. The fraction of sp³-hybridized carbons (Fsp3) is 0.0769. The average Bonchev–Trinajstić information content (AvgIpc) is 2.41. The van der Waals surface area contributed by atoms with Gasteiger partial charge in [-0.1, -0.05) is 11.8 Å². The Kier molecular flexibility index (Phi) is 3.99. The molecule has 0 unspecified atom stereocenters. The number of hydrogen-bond donors (Lipinski definition) is 1. The summed E-state index contributed by atoms with van der Waals surface area (Å²) in [5.41, 5.74) is 0.764. The first-order chi connectivity index (χ1) is 9.47. The van der Waals surface area contributed by atoms with E-state index in [2.05, 4.69) is 4.98 Å². The summed E-state index contributed by atoms with van der Waals surface area (Å²) in [5, 5.41) is 19.5. The fourth-order valence-corrected chi connectivity index (χ4v) is 2.49. The largest absolute Gasteiger partial charge is 0.477 e. The van der Waals surface area contributed by atoms with Crippen molar-refractivity contribution in [2.75, 3.05) is 0 Å². The highest BCUT2D eigenvalue weighted by Crippen LogP contribution is 2.32. The Morgan fingerprint density at radius 2 is 2.10 bits per heavy atom. The first-order valence-electron chi connectivity index (χ1n) is 5.59. The molecule has 20 heavy (non-hydrogen) atoms. The molecule has 0 radical (unpaired) electrons. The maximum absolute atomic E-state index is 10.8. The van der Waals surface area contributed by atoms with Gasteiger partial charge < -0.3 is 5.11 Å². The quantitative estimate of drug-likeness (QED) is 0.686. The number of carbonyl (C=O) groups is 1. The van der Waals surface area contributed by atoms with Crippen LogP contribution in [0.4, 0.5) is 5.69 Å². The topological polar surface area (TPSA) is 93.3 Å². The van der Waals surface area contributed by atoms with Gasteiger partial charge in [0.25, 0.3) is 5.69 Å². The van der Waals surface area contributed by atoms with Crippen LogP contribution in [0.1, 0.15) is 16.1 Å². The average molecular weight is 290 g/mol. The van der Waals surface area contributed by atoms with Gasteiger partial charge >= 0.3 is 5.97 Å². The van der Waals surface area contributed by atoms with Crippen LogP contribution in [-0.4, -0.2) is 21.0 Å². The lowest BCUT2D eigenvalue weighted by atomic mass is 10.2. The molecule has 2 rings (SSSR count). The van der Waals surface area contributed by atoms with Crippen LogP contribution in [0.25, 0.3) is 0 Å². The number of aromatic carboxylic acids is 1. The minimum absolute atomic E-state index is 0.0328. The van der Waals surface area contributed by atoms with E-state index in [0.29, 0.717) is 4.90 Å². The normalized spacial score (nSPS) is 10.2. The first kappa shape index (κ1) is 14.0. The zero-order chi connectivity index (χ0) is 14.7. The number of nitro groups is 1. The monoisotopic (exact) mass is 290 g/mol. The fourth-order valence-electron chi connectivity index (χ4n) is 1.58. The molecule has 7 heteroatoms. The number of carboxylic acid groups (broad SMARTS) is 1. The Balaban J connectivity index is 2.28. The lowest BCUT2D eigenvalue weighted by molar-refractivity contribution is -0.385. The van der Waals surface area contributed by atoms with Crippen molar-refractivity contribution in [1.82, 2.24) is 4.98 Å². The van der Waals surface area contributed by atoms with Gasteiger partial charge in [-0.2, -0.15) is 0 Å². The van der Waals surface area contributed by atoms with Gasteiger partial charge in [-0.3, -0.25) is 10.1 Å². The van der Waals surface area contributed by atoms with Gasteiger partial charge in [0.15, 0.2) is 0 Å². The SMILES string of the molecule is Cc1cc([N+](=O)[O-])ccc1Sc1ccnc(C(=O)O)c1. The Hall–Kier alpha value is -2.41. The molecular weight excluding hydrogens is 280 g/mol. The maximum atomic E-state index is 10.8. The minimum atomic E-state index is -1.09. The molecule has 0 aliphatic carbocycles. The highest BCUT2D eigenvalue weighted by molar-refractivity contribution is 7.99. The molecular formula is C13H10N2O4S. The van der Waals surface area contributed by atoms with Crippen molar-refractivity contribution in [3.8, 4) is 0 Å². The summed E-state index contributed by atoms with van der Waals surface area (Å²) in [4.78, 5) is 26.4. The van der Waals surface area contributed by atoms with Crippen LogP contribution in [0.5, 0.6) is 0 Å². The number of hydrogen-bond acceptors (Lipinski definition) is 5. The van der Waals surface area contributed by atoms with E-state index < -0.39 is 10.9 Å². The van der Waals surface area contributed by atoms with Crippen molar-refractivity contribution >= 4 is 23.4 Å². The molecule has 0 amide bonds. The third kappa shape index (κ3) is 3.12. The van der Waals surface area contributed by atoms with E-state index in [0.717, 1.165) is 10.5 Å². The van der Waals surface area contributed by atoms with Gasteiger partial charge in [0.05, 0.1) is 4.92 Å². The Morgan fingerprint density at radius 1 is 1.35 bits per heavy atom. The van der Waals surface area contributed by atoms with Gasteiger partial charge in [-0.15, -0.1) is 0 Å². The van der Waals surface area contributed by atoms with Crippen molar-refractivity contribution in [2.24, 2.45) is 0 Å². The van der Waals surface area contributed by atoms with Crippen LogP contribution >= 0.6 is 11.8 Å². The molecule has 0 saturated heterocycles. The third-order valence-corrected chi connectivity index (χ3v) is 3.72. The summed E-state index contributed by atoms with van der Waals surface area (Å²) >= 11 is 1.34. The predicted molar refractivity (Wildman–Crippen MR) is 73.2 cm³/mol. The smallest absolute Gasteiger partial charge is 0.354 e. The number of rotatable bonds is 4. The van der Waals surface area contributed by atoms with Gasteiger partial charge in [-0.05, 0) is 30.7 Å². The first-order valence-corrected chi connectivity index (χ1v) is 6.41. The molecule has 0 aliphatic heterocycles. The van der Waals surface area contributed by atoms with Crippen LogP contribution in [-0.2, 0) is 0 Å². The van der Waals surface area contributed by atoms with Crippen LogP contribution in [0.3, 0.4) is 0 Å². The molecule has 0 aliphatic rings. The van der Waals surface area contributed by atoms with E-state index in [9.17, 15) is 14.9 Å². The van der Waals surface area contributed by atoms with Gasteiger partial charge in [-0.25, -0.2) is 9.78 Å². The molecule has 2 aromatic rings. The zero-order valence-corrected chi connectivity index (χ0v) is 11.3. The number of nitro benzene ring substituents is 1. The predicted octanol–water partition coefficient (Wildman–Crippen LogP) is 3.15. The standard InChI is InChI=1S/C13H10N2O4S/c1-8-6-9(15(18)19)2-3-12(8)20-10-4-5-14-11(7-10)13(16)17/h2-7H,1H3,(H,16,17). The summed E-state index contributed by atoms with van der Waals surface area (Å²) in [5.74, 6) is -1.09. The molecule has 1 heterocycles. The van der Waals surface area contributed by atoms with E-state index in [1.54, 1.807) is 19.1 Å². The molecule has 1 aromatic heterocycles. The second kappa shape index (κ2) is 5.70. The van der Waals surface area contributed by atoms with Crippen LogP contribution in [0.15, 0.2) is 46.3 Å². The summed E-state index contributed by atoms with van der Waals surface area (Å²) in [6.07, 6.45) is 1.42.